The molecule has 5 heteroatoms. The minimum Gasteiger partial charge on any atom is -0.425 e. The number of nitrogens with zero attached hydrogens (tertiary/aromatic N) is 2. The molecule has 2 bridgehead atoms. The summed E-state index contributed by atoms with van der Waals surface area (Å²) >= 11 is 0. The zero-order valence-electron chi connectivity index (χ0n) is 20.8. The van der Waals surface area contributed by atoms with Gasteiger partial charge in [-0.2, -0.15) is 10.5 Å². The minimum absolute atomic E-state index is 0.00569. The van der Waals surface area contributed by atoms with Crippen LogP contribution in [0.1, 0.15) is 101 Å². The Morgan fingerprint density at radius 1 is 0.971 bits per heavy atom. The van der Waals surface area contributed by atoms with Gasteiger partial charge in [0.15, 0.2) is 0 Å². The Hall–Kier alpha value is -3.18. The molecule has 3 aliphatic rings. The molecule has 4 nitrogen and oxygen atoms in total. The van der Waals surface area contributed by atoms with Crippen molar-refractivity contribution in [2.75, 3.05) is 0 Å². The normalized spacial score (nSPS) is 22.9. The molecule has 3 saturated carbocycles. The second-order valence-corrected chi connectivity index (χ2v) is 10.3. The minimum atomic E-state index is -0.484. The Kier molecular flexibility index (Phi) is 7.27. The van der Waals surface area contributed by atoms with E-state index in [1.165, 1.54) is 57.1 Å². The highest BCUT2D eigenvalue weighted by atomic mass is 19.1. The number of halogens is 1. The van der Waals surface area contributed by atoms with Gasteiger partial charge in [0, 0.05) is 12.0 Å². The molecular weight excluding hydrogens is 439 g/mol. The second kappa shape index (κ2) is 10.2. The lowest BCUT2D eigenvalue weighted by atomic mass is 9.51. The molecule has 0 spiro atoms. The predicted octanol–water partition coefficient (Wildman–Crippen LogP) is 7.72. The van der Waals surface area contributed by atoms with Crippen molar-refractivity contribution in [1.29, 1.82) is 10.5 Å². The lowest BCUT2D eigenvalue weighted by molar-refractivity contribution is -0.134. The molecule has 3 aliphatic carbocycles. The zero-order valence-corrected chi connectivity index (χ0v) is 20.8. The monoisotopic (exact) mass is 472 g/mol. The van der Waals surface area contributed by atoms with Crippen molar-refractivity contribution in [2.24, 2.45) is 5.41 Å². The number of carbonyl (C=O) groups excluding carboxylic acids is 1. The Bertz CT molecular complexity index is 1180. The zero-order chi connectivity index (χ0) is 25.1. The molecule has 0 N–H and O–H groups in total. The summed E-state index contributed by atoms with van der Waals surface area (Å²) in [5, 5.41) is 19.4. The van der Waals surface area contributed by atoms with Gasteiger partial charge in [0.2, 0.25) is 0 Å². The molecule has 0 heterocycles. The van der Waals surface area contributed by atoms with E-state index in [-0.39, 0.29) is 34.5 Å². The summed E-state index contributed by atoms with van der Waals surface area (Å²) < 4.78 is 20.8. The molecule has 0 amide bonds. The number of fused-ring (bicyclic) bond motifs is 3. The fourth-order valence-corrected chi connectivity index (χ4v) is 6.24. The van der Waals surface area contributed by atoms with Crippen LogP contribution < -0.4 is 4.74 Å². The number of hydrogen-bond acceptors (Lipinski definition) is 4. The highest BCUT2D eigenvalue weighted by Gasteiger charge is 2.49. The van der Waals surface area contributed by atoms with E-state index in [0.29, 0.717) is 16.5 Å². The van der Waals surface area contributed by atoms with Crippen LogP contribution in [0.15, 0.2) is 30.3 Å². The van der Waals surface area contributed by atoms with E-state index >= 15 is 4.39 Å². The van der Waals surface area contributed by atoms with E-state index in [9.17, 15) is 15.3 Å². The number of nitriles is 2. The first-order chi connectivity index (χ1) is 16.9. The molecule has 2 aromatic carbocycles. The maximum Gasteiger partial charge on any atom is 0.310 e. The molecule has 0 aliphatic heterocycles. The first-order valence-corrected chi connectivity index (χ1v) is 12.9. The average molecular weight is 473 g/mol. The van der Waals surface area contributed by atoms with Crippen LogP contribution in [0, 0.1) is 33.9 Å². The molecule has 2 aromatic rings. The number of benzene rings is 2. The number of unbranched alkanes of at least 4 members (excludes halogenated alkanes) is 2. The molecule has 182 valence electrons. The van der Waals surface area contributed by atoms with Crippen molar-refractivity contribution in [3.8, 4) is 29.0 Å². The number of ether oxygens (including phenoxy) is 1. The largest absolute Gasteiger partial charge is 0.425 e. The molecular formula is C30H33FN2O2. The van der Waals surface area contributed by atoms with Gasteiger partial charge in [0.05, 0.1) is 5.56 Å². The van der Waals surface area contributed by atoms with Crippen LogP contribution in [0.25, 0.3) is 11.1 Å². The van der Waals surface area contributed by atoms with Gasteiger partial charge < -0.3 is 4.74 Å². The summed E-state index contributed by atoms with van der Waals surface area (Å²) in [6, 6.07) is 12.4. The van der Waals surface area contributed by atoms with E-state index < -0.39 is 5.97 Å². The third-order valence-corrected chi connectivity index (χ3v) is 8.47. The Labute approximate surface area is 207 Å². The van der Waals surface area contributed by atoms with Crippen molar-refractivity contribution < 1.29 is 13.9 Å². The van der Waals surface area contributed by atoms with Crippen LogP contribution in [-0.2, 0) is 10.2 Å². The molecule has 0 radical (unpaired) electrons. The fourth-order valence-electron chi connectivity index (χ4n) is 6.24. The average Bonchev–Trinajstić information content (AvgIpc) is 2.89. The lowest BCUT2D eigenvalue weighted by Crippen LogP contribution is -2.44. The summed E-state index contributed by atoms with van der Waals surface area (Å²) in [5.41, 5.74) is 2.25. The molecule has 3 fully saturated rings. The number of carbonyl (C=O) groups is 1. The molecule has 5 rings (SSSR count). The van der Waals surface area contributed by atoms with Crippen molar-refractivity contribution in [2.45, 2.75) is 89.9 Å². The summed E-state index contributed by atoms with van der Waals surface area (Å²) in [6.07, 6.45) is 12.0. The van der Waals surface area contributed by atoms with E-state index in [1.807, 2.05) is 18.2 Å². The SMILES string of the molecule is CCCCCC12CCC(c3ccc(-c4ccc(OC(=O)CC)c(C#N)c4C#N)cc3F)(CC1)CC2. The van der Waals surface area contributed by atoms with Crippen molar-refractivity contribution in [3.63, 3.8) is 0 Å². The van der Waals surface area contributed by atoms with Crippen LogP contribution in [-0.4, -0.2) is 5.97 Å². The molecule has 0 saturated heterocycles. The summed E-state index contributed by atoms with van der Waals surface area (Å²) in [5.74, 6) is -0.670. The first kappa shape index (κ1) is 24.9. The summed E-state index contributed by atoms with van der Waals surface area (Å²) in [6.45, 7) is 3.90. The second-order valence-electron chi connectivity index (χ2n) is 10.3. The number of rotatable bonds is 8. The quantitative estimate of drug-likeness (QED) is 0.224. The number of esters is 1. The molecule has 0 atom stereocenters. The third-order valence-electron chi connectivity index (χ3n) is 8.47. The van der Waals surface area contributed by atoms with E-state index in [1.54, 1.807) is 13.0 Å². The predicted molar refractivity (Wildman–Crippen MR) is 133 cm³/mol. The van der Waals surface area contributed by atoms with Gasteiger partial charge in [-0.15, -0.1) is 0 Å². The van der Waals surface area contributed by atoms with Crippen LogP contribution in [0.4, 0.5) is 4.39 Å². The van der Waals surface area contributed by atoms with Gasteiger partial charge in [-0.3, -0.25) is 4.79 Å². The van der Waals surface area contributed by atoms with Crippen molar-refractivity contribution in [1.82, 2.24) is 0 Å². The summed E-state index contributed by atoms with van der Waals surface area (Å²) in [4.78, 5) is 11.7. The van der Waals surface area contributed by atoms with E-state index in [2.05, 4.69) is 13.0 Å². The standard InChI is InChI=1S/C30H33FN2O2/c1-3-5-6-11-29-12-15-30(16-13-29,17-14-29)25-9-7-21(18-26(25)31)22-8-10-27(35-28(34)4-2)24(20-33)23(22)19-32/h7-10,18H,3-6,11-17H2,1-2H3. The Morgan fingerprint density at radius 3 is 2.23 bits per heavy atom. The summed E-state index contributed by atoms with van der Waals surface area (Å²) in [7, 11) is 0. The van der Waals surface area contributed by atoms with Gasteiger partial charge >= 0.3 is 5.97 Å². The van der Waals surface area contributed by atoms with Gasteiger partial charge in [-0.25, -0.2) is 4.39 Å². The topological polar surface area (TPSA) is 73.9 Å². The third kappa shape index (κ3) is 4.70. The van der Waals surface area contributed by atoms with Gasteiger partial charge in [0.1, 0.15) is 29.3 Å². The van der Waals surface area contributed by atoms with Crippen molar-refractivity contribution in [3.05, 3.63) is 52.8 Å². The van der Waals surface area contributed by atoms with E-state index in [0.717, 1.165) is 24.8 Å². The van der Waals surface area contributed by atoms with Crippen LogP contribution >= 0.6 is 0 Å². The maximum absolute atomic E-state index is 15.6. The van der Waals surface area contributed by atoms with Crippen molar-refractivity contribution >= 4 is 5.97 Å². The number of hydrogen-bond donors (Lipinski definition) is 0. The first-order valence-electron chi connectivity index (χ1n) is 12.9. The molecule has 35 heavy (non-hydrogen) atoms. The van der Waals surface area contributed by atoms with Crippen LogP contribution in [0.5, 0.6) is 5.75 Å². The fraction of sp³-hybridized carbons (Fsp3) is 0.500. The Balaban J connectivity index is 1.61. The highest BCUT2D eigenvalue weighted by molar-refractivity contribution is 5.79. The maximum atomic E-state index is 15.6. The lowest BCUT2D eigenvalue weighted by Gasteiger charge is -2.54. The van der Waals surface area contributed by atoms with Gasteiger partial charge in [0.25, 0.3) is 0 Å². The molecule has 0 aromatic heterocycles. The smallest absolute Gasteiger partial charge is 0.310 e. The van der Waals surface area contributed by atoms with Gasteiger partial charge in [-0.1, -0.05) is 45.2 Å². The van der Waals surface area contributed by atoms with Gasteiger partial charge in [-0.05, 0) is 85.1 Å². The Morgan fingerprint density at radius 2 is 1.66 bits per heavy atom. The molecule has 0 unspecified atom stereocenters. The van der Waals surface area contributed by atoms with Crippen LogP contribution in [0.2, 0.25) is 0 Å². The highest BCUT2D eigenvalue weighted by Crippen LogP contribution is 2.60. The van der Waals surface area contributed by atoms with E-state index in [4.69, 9.17) is 4.74 Å². The van der Waals surface area contributed by atoms with Crippen LogP contribution in [0.3, 0.4) is 0 Å².